The van der Waals surface area contributed by atoms with Gasteiger partial charge in [-0.1, -0.05) is 0 Å². The van der Waals surface area contributed by atoms with E-state index in [4.69, 9.17) is 5.11 Å². The highest BCUT2D eigenvalue weighted by Crippen LogP contribution is 2.26. The van der Waals surface area contributed by atoms with Crippen LogP contribution in [0.4, 0.5) is 13.2 Å². The van der Waals surface area contributed by atoms with Crippen molar-refractivity contribution in [3.63, 3.8) is 0 Å². The van der Waals surface area contributed by atoms with Gasteiger partial charge >= 0.3 is 12.1 Å². The number of carboxylic acid groups (broad SMARTS) is 1. The van der Waals surface area contributed by atoms with Crippen molar-refractivity contribution in [1.29, 1.82) is 0 Å². The van der Waals surface area contributed by atoms with Crippen molar-refractivity contribution in [2.45, 2.75) is 45.3 Å². The van der Waals surface area contributed by atoms with E-state index in [1.807, 2.05) is 0 Å². The number of halogens is 3. The van der Waals surface area contributed by atoms with Crippen molar-refractivity contribution in [3.05, 3.63) is 17.5 Å². The van der Waals surface area contributed by atoms with Gasteiger partial charge < -0.3 is 10.4 Å². The summed E-state index contributed by atoms with van der Waals surface area (Å²) in [5.41, 5.74) is -0.844. The lowest BCUT2D eigenvalue weighted by Gasteiger charge is -2.24. The van der Waals surface area contributed by atoms with Gasteiger partial charge in [-0.15, -0.1) is 10.2 Å². The molecule has 0 aliphatic carbocycles. The quantitative estimate of drug-likeness (QED) is 0.687. The molecule has 2 aromatic heterocycles. The van der Waals surface area contributed by atoms with E-state index in [2.05, 4.69) is 25.5 Å². The van der Waals surface area contributed by atoms with Crippen molar-refractivity contribution >= 4 is 11.9 Å². The molecule has 0 spiro atoms. The molecule has 0 bridgehead atoms. The number of nitrogens with one attached hydrogen (secondary N) is 2. The van der Waals surface area contributed by atoms with Crippen LogP contribution in [0.5, 0.6) is 0 Å². The topological polar surface area (TPSA) is 139 Å². The number of aromatic nitrogens is 6. The molecule has 0 aliphatic rings. The molecule has 2 rings (SSSR count). The molecular formula is C13H16F3N7O3. The summed E-state index contributed by atoms with van der Waals surface area (Å²) >= 11 is 0. The van der Waals surface area contributed by atoms with E-state index in [0.717, 1.165) is 4.68 Å². The van der Waals surface area contributed by atoms with Gasteiger partial charge in [-0.05, 0) is 27.2 Å². The molecule has 0 atom stereocenters. The summed E-state index contributed by atoms with van der Waals surface area (Å²) in [6, 6.07) is 0. The number of amides is 1. The molecule has 0 saturated heterocycles. The summed E-state index contributed by atoms with van der Waals surface area (Å²) in [6.45, 7) is 4.67. The van der Waals surface area contributed by atoms with Gasteiger partial charge in [0.1, 0.15) is 5.82 Å². The van der Waals surface area contributed by atoms with Crippen LogP contribution in [0.3, 0.4) is 0 Å². The van der Waals surface area contributed by atoms with E-state index in [9.17, 15) is 22.8 Å². The van der Waals surface area contributed by atoms with Gasteiger partial charge in [0.05, 0.1) is 0 Å². The largest absolute Gasteiger partial charge is 0.481 e. The van der Waals surface area contributed by atoms with Gasteiger partial charge in [-0.3, -0.25) is 14.7 Å². The minimum atomic E-state index is -4.70. The van der Waals surface area contributed by atoms with Crippen LogP contribution in [0.25, 0.3) is 5.95 Å². The molecular weight excluding hydrogens is 359 g/mol. The Hall–Kier alpha value is -2.99. The van der Waals surface area contributed by atoms with Crippen LogP contribution in [0.1, 0.15) is 49.0 Å². The predicted octanol–water partition coefficient (Wildman–Crippen LogP) is 1.09. The second kappa shape index (κ2) is 6.72. The lowest BCUT2D eigenvalue weighted by molar-refractivity contribution is -0.144. The summed E-state index contributed by atoms with van der Waals surface area (Å²) < 4.78 is 38.6. The van der Waals surface area contributed by atoms with Gasteiger partial charge in [-0.2, -0.15) is 22.8 Å². The number of aromatic amines is 1. The minimum absolute atomic E-state index is 0.103. The highest BCUT2D eigenvalue weighted by Gasteiger charge is 2.36. The molecule has 0 saturated carbocycles. The van der Waals surface area contributed by atoms with Crippen molar-refractivity contribution in [3.8, 4) is 5.95 Å². The Morgan fingerprint density at radius 2 is 1.92 bits per heavy atom. The molecule has 3 N–H and O–H groups in total. The number of nitrogens with zero attached hydrogens (tertiary/aromatic N) is 5. The Kier molecular flexibility index (Phi) is 5.00. The SMILES string of the molecule is Cc1nc(C(=O)NC(C)(C)CCC(=O)O)nn1-c1n[nH]c(C(F)(F)F)n1. The number of carbonyl (C=O) groups is 2. The van der Waals surface area contributed by atoms with Crippen LogP contribution < -0.4 is 5.32 Å². The Bertz CT molecular complexity index is 825. The molecule has 0 radical (unpaired) electrons. The first-order valence-corrected chi connectivity index (χ1v) is 7.37. The highest BCUT2D eigenvalue weighted by atomic mass is 19.4. The van der Waals surface area contributed by atoms with E-state index in [1.165, 1.54) is 6.92 Å². The monoisotopic (exact) mass is 375 g/mol. The fourth-order valence-electron chi connectivity index (χ4n) is 2.00. The molecule has 1 amide bonds. The van der Waals surface area contributed by atoms with E-state index in [1.54, 1.807) is 18.9 Å². The van der Waals surface area contributed by atoms with Crippen LogP contribution in [0.15, 0.2) is 0 Å². The molecule has 142 valence electrons. The van der Waals surface area contributed by atoms with E-state index in [-0.39, 0.29) is 24.5 Å². The van der Waals surface area contributed by atoms with Gasteiger partial charge in [-0.25, -0.2) is 4.98 Å². The summed E-state index contributed by atoms with van der Waals surface area (Å²) in [4.78, 5) is 30.0. The molecule has 2 heterocycles. The lowest BCUT2D eigenvalue weighted by atomic mass is 9.98. The number of hydrogen-bond donors (Lipinski definition) is 3. The molecule has 2 aromatic rings. The molecule has 0 aliphatic heterocycles. The maximum Gasteiger partial charge on any atom is 0.451 e. The zero-order valence-electron chi connectivity index (χ0n) is 14.0. The Morgan fingerprint density at radius 3 is 2.46 bits per heavy atom. The van der Waals surface area contributed by atoms with Crippen LogP contribution in [0.2, 0.25) is 0 Å². The van der Waals surface area contributed by atoms with E-state index in [0.29, 0.717) is 0 Å². The van der Waals surface area contributed by atoms with Crippen LogP contribution in [0, 0.1) is 6.92 Å². The maximum absolute atomic E-state index is 12.6. The van der Waals surface area contributed by atoms with Gasteiger partial charge in [0.2, 0.25) is 11.6 Å². The average Bonchev–Trinajstić information content (AvgIpc) is 3.10. The summed E-state index contributed by atoms with van der Waals surface area (Å²) in [6.07, 6.45) is -4.68. The minimum Gasteiger partial charge on any atom is -0.481 e. The molecule has 0 fully saturated rings. The third-order valence-corrected chi connectivity index (χ3v) is 3.32. The number of carbonyl (C=O) groups excluding carboxylic acids is 1. The van der Waals surface area contributed by atoms with Crippen molar-refractivity contribution in [2.24, 2.45) is 0 Å². The average molecular weight is 375 g/mol. The Labute approximate surface area is 144 Å². The lowest BCUT2D eigenvalue weighted by Crippen LogP contribution is -2.44. The zero-order chi connectivity index (χ0) is 19.7. The highest BCUT2D eigenvalue weighted by molar-refractivity contribution is 5.91. The number of carboxylic acids is 1. The maximum atomic E-state index is 12.6. The predicted molar refractivity (Wildman–Crippen MR) is 79.5 cm³/mol. The molecule has 0 unspecified atom stereocenters. The number of rotatable bonds is 6. The first kappa shape index (κ1) is 19.3. The zero-order valence-corrected chi connectivity index (χ0v) is 14.0. The third-order valence-electron chi connectivity index (χ3n) is 3.32. The first-order chi connectivity index (χ1) is 11.9. The van der Waals surface area contributed by atoms with Crippen LogP contribution >= 0.6 is 0 Å². The Morgan fingerprint density at radius 1 is 1.27 bits per heavy atom. The normalized spacial score (nSPS) is 12.2. The van der Waals surface area contributed by atoms with Crippen molar-refractivity contribution in [1.82, 2.24) is 35.3 Å². The summed E-state index contributed by atoms with van der Waals surface area (Å²) in [5.74, 6) is -3.62. The van der Waals surface area contributed by atoms with Gasteiger partial charge in [0, 0.05) is 12.0 Å². The standard InChI is InChI=1S/C13H16F3N7O3/c1-6-17-8(9(26)19-12(2,3)5-4-7(24)25)22-23(6)11-18-10(20-21-11)13(14,15)16/h4-5H2,1-3H3,(H,19,26)(H,24,25)(H,18,20,21). The van der Waals surface area contributed by atoms with E-state index >= 15 is 0 Å². The smallest absolute Gasteiger partial charge is 0.451 e. The second-order valence-corrected chi connectivity index (χ2v) is 6.11. The number of aliphatic carboxylic acids is 1. The molecule has 26 heavy (non-hydrogen) atoms. The van der Waals surface area contributed by atoms with Crippen molar-refractivity contribution < 1.29 is 27.9 Å². The number of alkyl halides is 3. The number of H-pyrrole nitrogens is 1. The summed E-state index contributed by atoms with van der Waals surface area (Å²) in [5, 5.41) is 20.3. The molecule has 0 aromatic carbocycles. The van der Waals surface area contributed by atoms with Gasteiger partial charge in [0.15, 0.2) is 0 Å². The molecule has 13 heteroatoms. The van der Waals surface area contributed by atoms with Gasteiger partial charge in [0.25, 0.3) is 11.9 Å². The van der Waals surface area contributed by atoms with Crippen LogP contribution in [-0.2, 0) is 11.0 Å². The van der Waals surface area contributed by atoms with E-state index < -0.39 is 35.4 Å². The van der Waals surface area contributed by atoms with Crippen LogP contribution in [-0.4, -0.2) is 52.5 Å². The summed E-state index contributed by atoms with van der Waals surface area (Å²) in [7, 11) is 0. The second-order valence-electron chi connectivity index (χ2n) is 6.11. The van der Waals surface area contributed by atoms with Crippen molar-refractivity contribution in [2.75, 3.05) is 0 Å². The number of hydrogen-bond acceptors (Lipinski definition) is 6. The number of aryl methyl sites for hydroxylation is 1. The first-order valence-electron chi connectivity index (χ1n) is 7.37. The third kappa shape index (κ3) is 4.55. The fraction of sp³-hybridized carbons (Fsp3) is 0.538. The molecule has 10 nitrogen and oxygen atoms in total. The Balaban J connectivity index is 2.18. The fourth-order valence-corrected chi connectivity index (χ4v) is 2.00.